The van der Waals surface area contributed by atoms with Crippen molar-refractivity contribution in [1.82, 2.24) is 25.1 Å². The second kappa shape index (κ2) is 5.58. The molecule has 1 aliphatic rings. The molecule has 0 unspecified atom stereocenters. The zero-order valence-electron chi connectivity index (χ0n) is 11.8. The molecule has 0 aliphatic heterocycles. The average molecular weight is 273 g/mol. The maximum absolute atomic E-state index is 5.84. The predicted molar refractivity (Wildman–Crippen MR) is 74.2 cm³/mol. The van der Waals surface area contributed by atoms with E-state index < -0.39 is 0 Å². The molecule has 1 fully saturated rings. The van der Waals surface area contributed by atoms with Gasteiger partial charge in [-0.25, -0.2) is 4.98 Å². The average Bonchev–Trinajstić information content (AvgIpc) is 3.18. The molecule has 0 amide bonds. The van der Waals surface area contributed by atoms with Crippen LogP contribution in [0.2, 0.25) is 0 Å². The molecule has 2 aromatic heterocycles. The van der Waals surface area contributed by atoms with Crippen molar-refractivity contribution in [2.45, 2.75) is 39.0 Å². The Morgan fingerprint density at radius 2 is 2.25 bits per heavy atom. The summed E-state index contributed by atoms with van der Waals surface area (Å²) in [4.78, 5) is 8.72. The lowest BCUT2D eigenvalue weighted by molar-refractivity contribution is 0.284. The summed E-state index contributed by atoms with van der Waals surface area (Å²) in [6.07, 6.45) is 4.06. The van der Waals surface area contributed by atoms with Crippen LogP contribution in [0.4, 0.5) is 0 Å². The van der Waals surface area contributed by atoms with E-state index in [1.807, 2.05) is 26.1 Å². The fourth-order valence-electron chi connectivity index (χ4n) is 1.98. The van der Waals surface area contributed by atoms with E-state index in [1.165, 1.54) is 19.2 Å². The van der Waals surface area contributed by atoms with Crippen LogP contribution >= 0.6 is 0 Å². The third-order valence-electron chi connectivity index (χ3n) is 3.37. The minimum atomic E-state index is 0.400. The van der Waals surface area contributed by atoms with Crippen LogP contribution in [-0.4, -0.2) is 25.8 Å². The van der Waals surface area contributed by atoms with Crippen molar-refractivity contribution in [1.29, 1.82) is 0 Å². The van der Waals surface area contributed by atoms with Gasteiger partial charge in [-0.1, -0.05) is 0 Å². The molecule has 1 aliphatic carbocycles. The third kappa shape index (κ3) is 3.14. The van der Waals surface area contributed by atoms with Gasteiger partial charge in [0.25, 0.3) is 0 Å². The number of hydrogen-bond acceptors (Lipinski definition) is 5. The molecular weight excluding hydrogens is 254 g/mol. The van der Waals surface area contributed by atoms with Gasteiger partial charge >= 0.3 is 0 Å². The number of ether oxygens (including phenoxy) is 1. The first-order chi connectivity index (χ1) is 9.72. The molecule has 1 N–H and O–H groups in total. The standard InChI is InChI=1S/C14H19N5O/c1-10-3-6-13(12(18-10)7-15-11-4-5-11)20-8-14-16-9-17-19(14)2/h3,6,9,11,15H,4-5,7-8H2,1-2H3. The zero-order valence-corrected chi connectivity index (χ0v) is 11.8. The van der Waals surface area contributed by atoms with Crippen LogP contribution in [0.3, 0.4) is 0 Å². The Hall–Kier alpha value is -1.95. The van der Waals surface area contributed by atoms with Gasteiger partial charge in [-0.3, -0.25) is 9.67 Å². The lowest BCUT2D eigenvalue weighted by Gasteiger charge is -2.11. The molecule has 0 bridgehead atoms. The van der Waals surface area contributed by atoms with Gasteiger partial charge in [0.1, 0.15) is 18.7 Å². The number of rotatable bonds is 6. The normalized spacial score (nSPS) is 14.5. The van der Waals surface area contributed by atoms with E-state index >= 15 is 0 Å². The van der Waals surface area contributed by atoms with Crippen LogP contribution in [-0.2, 0) is 20.2 Å². The van der Waals surface area contributed by atoms with Crippen molar-refractivity contribution in [2.24, 2.45) is 7.05 Å². The number of aryl methyl sites for hydroxylation is 2. The van der Waals surface area contributed by atoms with Gasteiger partial charge < -0.3 is 10.1 Å². The summed E-state index contributed by atoms with van der Waals surface area (Å²) in [5.41, 5.74) is 1.96. The maximum Gasteiger partial charge on any atom is 0.164 e. The predicted octanol–water partition coefficient (Wildman–Crippen LogP) is 1.35. The zero-order chi connectivity index (χ0) is 13.9. The molecule has 1 saturated carbocycles. The summed E-state index contributed by atoms with van der Waals surface area (Å²) < 4.78 is 7.56. The third-order valence-corrected chi connectivity index (χ3v) is 3.37. The van der Waals surface area contributed by atoms with Gasteiger partial charge in [0.15, 0.2) is 5.82 Å². The molecule has 0 saturated heterocycles. The highest BCUT2D eigenvalue weighted by atomic mass is 16.5. The molecule has 3 rings (SSSR count). The van der Waals surface area contributed by atoms with E-state index in [9.17, 15) is 0 Å². The Bertz CT molecular complexity index is 591. The van der Waals surface area contributed by atoms with Crippen LogP contribution in [0.5, 0.6) is 5.75 Å². The van der Waals surface area contributed by atoms with Crippen molar-refractivity contribution < 1.29 is 4.74 Å². The summed E-state index contributed by atoms with van der Waals surface area (Å²) in [6.45, 7) is 3.14. The maximum atomic E-state index is 5.84. The fraction of sp³-hybridized carbons (Fsp3) is 0.500. The van der Waals surface area contributed by atoms with Crippen LogP contribution in [0.15, 0.2) is 18.5 Å². The lowest BCUT2D eigenvalue weighted by Crippen LogP contribution is -2.17. The van der Waals surface area contributed by atoms with Gasteiger partial charge in [-0.15, -0.1) is 0 Å². The van der Waals surface area contributed by atoms with E-state index in [2.05, 4.69) is 20.4 Å². The lowest BCUT2D eigenvalue weighted by atomic mass is 10.3. The van der Waals surface area contributed by atoms with Gasteiger partial charge in [0.05, 0.1) is 5.69 Å². The number of nitrogens with zero attached hydrogens (tertiary/aromatic N) is 4. The molecule has 6 heteroatoms. The molecule has 0 radical (unpaired) electrons. The summed E-state index contributed by atoms with van der Waals surface area (Å²) in [5, 5.41) is 7.50. The Morgan fingerprint density at radius 3 is 2.95 bits per heavy atom. The molecular formula is C14H19N5O. The van der Waals surface area contributed by atoms with Gasteiger partial charge in [-0.05, 0) is 31.9 Å². The Morgan fingerprint density at radius 1 is 1.40 bits per heavy atom. The molecule has 2 heterocycles. The number of hydrogen-bond donors (Lipinski definition) is 1. The smallest absolute Gasteiger partial charge is 0.164 e. The Kier molecular flexibility index (Phi) is 3.64. The van der Waals surface area contributed by atoms with E-state index in [4.69, 9.17) is 4.74 Å². The van der Waals surface area contributed by atoms with Crippen LogP contribution in [0, 0.1) is 6.92 Å². The SMILES string of the molecule is Cc1ccc(OCc2ncnn2C)c(CNC2CC2)n1. The van der Waals surface area contributed by atoms with E-state index in [0.29, 0.717) is 12.6 Å². The molecule has 0 atom stereocenters. The van der Waals surface area contributed by atoms with Crippen LogP contribution < -0.4 is 10.1 Å². The first-order valence-corrected chi connectivity index (χ1v) is 6.88. The first-order valence-electron chi connectivity index (χ1n) is 6.88. The summed E-state index contributed by atoms with van der Waals surface area (Å²) in [6, 6.07) is 4.60. The summed E-state index contributed by atoms with van der Waals surface area (Å²) in [5.74, 6) is 1.61. The van der Waals surface area contributed by atoms with Crippen LogP contribution in [0.25, 0.3) is 0 Å². The minimum Gasteiger partial charge on any atom is -0.484 e. The molecule has 6 nitrogen and oxygen atoms in total. The van der Waals surface area contributed by atoms with E-state index in [0.717, 1.165) is 29.5 Å². The molecule has 20 heavy (non-hydrogen) atoms. The minimum absolute atomic E-state index is 0.400. The Labute approximate surface area is 118 Å². The monoisotopic (exact) mass is 273 g/mol. The highest BCUT2D eigenvalue weighted by molar-refractivity contribution is 5.29. The Balaban J connectivity index is 1.68. The summed E-state index contributed by atoms with van der Waals surface area (Å²) >= 11 is 0. The largest absolute Gasteiger partial charge is 0.484 e. The number of pyridine rings is 1. The van der Waals surface area contributed by atoms with Crippen molar-refractivity contribution in [3.05, 3.63) is 35.7 Å². The second-order valence-electron chi connectivity index (χ2n) is 5.14. The second-order valence-corrected chi connectivity index (χ2v) is 5.14. The van der Waals surface area contributed by atoms with Crippen molar-refractivity contribution in [2.75, 3.05) is 0 Å². The highest BCUT2D eigenvalue weighted by Crippen LogP contribution is 2.22. The first kappa shape index (κ1) is 13.1. The number of aromatic nitrogens is 4. The highest BCUT2D eigenvalue weighted by Gasteiger charge is 2.21. The number of nitrogens with one attached hydrogen (secondary N) is 1. The summed E-state index contributed by atoms with van der Waals surface area (Å²) in [7, 11) is 1.86. The van der Waals surface area contributed by atoms with Gasteiger partial charge in [0.2, 0.25) is 0 Å². The van der Waals surface area contributed by atoms with E-state index in [-0.39, 0.29) is 0 Å². The van der Waals surface area contributed by atoms with Crippen LogP contribution in [0.1, 0.15) is 30.1 Å². The topological polar surface area (TPSA) is 64.9 Å². The molecule has 0 spiro atoms. The van der Waals surface area contributed by atoms with Gasteiger partial charge in [-0.2, -0.15) is 5.10 Å². The van der Waals surface area contributed by atoms with Gasteiger partial charge in [0, 0.05) is 25.3 Å². The van der Waals surface area contributed by atoms with Crippen molar-refractivity contribution >= 4 is 0 Å². The molecule has 2 aromatic rings. The van der Waals surface area contributed by atoms with Crippen molar-refractivity contribution in [3.63, 3.8) is 0 Å². The van der Waals surface area contributed by atoms with E-state index in [1.54, 1.807) is 4.68 Å². The fourth-order valence-corrected chi connectivity index (χ4v) is 1.98. The van der Waals surface area contributed by atoms with Crippen molar-refractivity contribution in [3.8, 4) is 5.75 Å². The quantitative estimate of drug-likeness (QED) is 0.860. The molecule has 0 aromatic carbocycles. The molecule has 106 valence electrons.